The van der Waals surface area contributed by atoms with Crippen LogP contribution in [0.4, 0.5) is 0 Å². The van der Waals surface area contributed by atoms with Crippen LogP contribution in [-0.2, 0) is 27.2 Å². The molecule has 1 aromatic heterocycles. The molecular weight excluding hydrogens is 482 g/mol. The number of ketones is 1. The summed E-state index contributed by atoms with van der Waals surface area (Å²) in [7, 11) is 0. The van der Waals surface area contributed by atoms with E-state index in [0.29, 0.717) is 32.4 Å². The Bertz CT molecular complexity index is 1200. The number of nitrogens with one attached hydrogen (secondary N) is 1. The van der Waals surface area contributed by atoms with E-state index in [1.165, 1.54) is 4.90 Å². The highest BCUT2D eigenvalue weighted by Crippen LogP contribution is 2.14. The van der Waals surface area contributed by atoms with Crippen molar-refractivity contribution in [3.63, 3.8) is 0 Å². The lowest BCUT2D eigenvalue weighted by Crippen LogP contribution is -2.51. The van der Waals surface area contributed by atoms with Gasteiger partial charge in [-0.15, -0.1) is 0 Å². The second kappa shape index (κ2) is 14.9. The molecule has 0 bridgehead atoms. The molecule has 0 aliphatic carbocycles. The predicted molar refractivity (Wildman–Crippen MR) is 147 cm³/mol. The van der Waals surface area contributed by atoms with Gasteiger partial charge in [0, 0.05) is 45.0 Å². The smallest absolute Gasteiger partial charge is 0.238 e. The van der Waals surface area contributed by atoms with E-state index in [9.17, 15) is 14.4 Å². The Kier molecular flexibility index (Phi) is 11.3. The Hall–Kier alpha value is -3.73. The normalized spacial score (nSPS) is 12.6. The van der Waals surface area contributed by atoms with Crippen molar-refractivity contribution in [2.24, 2.45) is 17.2 Å². The van der Waals surface area contributed by atoms with E-state index < -0.39 is 18.0 Å². The summed E-state index contributed by atoms with van der Waals surface area (Å²) in [6.45, 7) is 1.24. The Morgan fingerprint density at radius 3 is 2.24 bits per heavy atom. The minimum Gasteiger partial charge on any atom is -0.345 e. The molecule has 0 saturated carbocycles. The molecule has 0 fully saturated rings. The van der Waals surface area contributed by atoms with Crippen molar-refractivity contribution in [2.75, 3.05) is 26.2 Å². The third-order valence-electron chi connectivity index (χ3n) is 6.35. The lowest BCUT2D eigenvalue weighted by Gasteiger charge is -2.24. The number of rotatable bonds is 15. The number of Topliss-reactive ketones (excluding diaryl/α,β-unsaturated/α-hetero) is 1. The minimum atomic E-state index is -1.09. The number of carbonyl (C=O) groups excluding carboxylic acids is 3. The van der Waals surface area contributed by atoms with E-state index >= 15 is 0 Å². The molecule has 10 nitrogen and oxygen atoms in total. The summed E-state index contributed by atoms with van der Waals surface area (Å²) in [5, 5.41) is 2.81. The molecule has 2 aromatic carbocycles. The van der Waals surface area contributed by atoms with Crippen LogP contribution in [0.1, 0.15) is 30.4 Å². The zero-order valence-electron chi connectivity index (χ0n) is 21.6. The van der Waals surface area contributed by atoms with Gasteiger partial charge >= 0.3 is 0 Å². The molecule has 7 N–H and O–H groups in total. The minimum absolute atomic E-state index is 0.0973. The van der Waals surface area contributed by atoms with Crippen molar-refractivity contribution in [3.8, 4) is 0 Å². The number of aryl methyl sites for hydroxylation is 2. The average molecular weight is 520 g/mol. The summed E-state index contributed by atoms with van der Waals surface area (Å²) in [5.74, 6) is -0.929. The molecule has 3 aromatic rings. The standard InChI is InChI=1S/C28H37N7O3/c29-12-16-35(17-13-30)27(37)19-22(31)28(38)34-24(10-6-20-4-2-1-3-5-20)26(36)11-8-21-7-9-23-25(18-21)33-15-14-32-23/h1-5,7,9,14-15,18,22,24H,6,8,10-13,16-17,19,29-31H2,(H,34,38)/t22-,24-/m0/s1. The van der Waals surface area contributed by atoms with E-state index in [4.69, 9.17) is 17.2 Å². The van der Waals surface area contributed by atoms with Gasteiger partial charge in [0.1, 0.15) is 0 Å². The van der Waals surface area contributed by atoms with E-state index in [2.05, 4.69) is 15.3 Å². The van der Waals surface area contributed by atoms with Crippen molar-refractivity contribution >= 4 is 28.6 Å². The van der Waals surface area contributed by atoms with Crippen molar-refractivity contribution in [1.82, 2.24) is 20.2 Å². The second-order valence-corrected chi connectivity index (χ2v) is 9.20. The number of aromatic nitrogens is 2. The van der Waals surface area contributed by atoms with Crippen LogP contribution in [0.25, 0.3) is 11.0 Å². The van der Waals surface area contributed by atoms with Gasteiger partial charge in [0.25, 0.3) is 0 Å². The lowest BCUT2D eigenvalue weighted by atomic mass is 9.97. The second-order valence-electron chi connectivity index (χ2n) is 9.20. The maximum atomic E-state index is 13.3. The number of benzene rings is 2. The van der Waals surface area contributed by atoms with Crippen LogP contribution in [0.2, 0.25) is 0 Å². The summed E-state index contributed by atoms with van der Waals surface area (Å²) in [6.07, 6.45) is 4.84. The monoisotopic (exact) mass is 519 g/mol. The van der Waals surface area contributed by atoms with Crippen LogP contribution in [-0.4, -0.2) is 70.7 Å². The molecule has 0 saturated heterocycles. The van der Waals surface area contributed by atoms with E-state index in [-0.39, 0.29) is 37.6 Å². The number of fused-ring (bicyclic) bond motifs is 1. The summed E-state index contributed by atoms with van der Waals surface area (Å²) in [4.78, 5) is 48.9. The van der Waals surface area contributed by atoms with E-state index in [0.717, 1.165) is 22.2 Å². The van der Waals surface area contributed by atoms with Gasteiger partial charge in [-0.3, -0.25) is 24.4 Å². The van der Waals surface area contributed by atoms with Crippen LogP contribution < -0.4 is 22.5 Å². The summed E-state index contributed by atoms with van der Waals surface area (Å²) in [6, 6.07) is 13.7. The van der Waals surface area contributed by atoms with Crippen LogP contribution in [0.15, 0.2) is 60.9 Å². The van der Waals surface area contributed by atoms with Crippen molar-refractivity contribution in [1.29, 1.82) is 0 Å². The first-order valence-electron chi connectivity index (χ1n) is 12.9. The summed E-state index contributed by atoms with van der Waals surface area (Å²) in [5.41, 5.74) is 20.8. The van der Waals surface area contributed by atoms with Crippen LogP contribution in [0, 0.1) is 0 Å². The first-order chi connectivity index (χ1) is 18.4. The molecule has 10 heteroatoms. The van der Waals surface area contributed by atoms with Gasteiger partial charge < -0.3 is 27.4 Å². The zero-order chi connectivity index (χ0) is 27.3. The van der Waals surface area contributed by atoms with Gasteiger partial charge in [0.2, 0.25) is 11.8 Å². The average Bonchev–Trinajstić information content (AvgIpc) is 2.94. The molecule has 1 heterocycles. The molecule has 38 heavy (non-hydrogen) atoms. The fraction of sp³-hybridized carbons (Fsp3) is 0.393. The number of hydrogen-bond donors (Lipinski definition) is 4. The van der Waals surface area contributed by atoms with Gasteiger partial charge in [0.05, 0.1) is 29.5 Å². The molecule has 3 rings (SSSR count). The molecule has 0 aliphatic rings. The molecule has 0 unspecified atom stereocenters. The molecule has 2 atom stereocenters. The Morgan fingerprint density at radius 1 is 0.868 bits per heavy atom. The van der Waals surface area contributed by atoms with Crippen LogP contribution in [0.3, 0.4) is 0 Å². The zero-order valence-corrected chi connectivity index (χ0v) is 21.6. The molecule has 0 spiro atoms. The van der Waals surface area contributed by atoms with Gasteiger partial charge in [0.15, 0.2) is 5.78 Å². The largest absolute Gasteiger partial charge is 0.345 e. The number of hydrogen-bond acceptors (Lipinski definition) is 8. The van der Waals surface area contributed by atoms with Gasteiger partial charge in [-0.05, 0) is 42.5 Å². The maximum absolute atomic E-state index is 13.3. The molecule has 0 radical (unpaired) electrons. The molecular formula is C28H37N7O3. The highest BCUT2D eigenvalue weighted by atomic mass is 16.2. The van der Waals surface area contributed by atoms with E-state index in [1.54, 1.807) is 12.4 Å². The first-order valence-corrected chi connectivity index (χ1v) is 12.9. The highest BCUT2D eigenvalue weighted by Gasteiger charge is 2.26. The third kappa shape index (κ3) is 8.69. The van der Waals surface area contributed by atoms with Gasteiger partial charge in [-0.1, -0.05) is 36.4 Å². The Balaban J connectivity index is 1.64. The van der Waals surface area contributed by atoms with Crippen molar-refractivity contribution in [3.05, 3.63) is 72.1 Å². The van der Waals surface area contributed by atoms with Crippen molar-refractivity contribution < 1.29 is 14.4 Å². The van der Waals surface area contributed by atoms with Crippen LogP contribution in [0.5, 0.6) is 0 Å². The third-order valence-corrected chi connectivity index (χ3v) is 6.35. The van der Waals surface area contributed by atoms with Crippen molar-refractivity contribution in [2.45, 2.75) is 44.2 Å². The summed E-state index contributed by atoms with van der Waals surface area (Å²) < 4.78 is 0. The number of amides is 2. The fourth-order valence-corrected chi connectivity index (χ4v) is 4.24. The fourth-order valence-electron chi connectivity index (χ4n) is 4.24. The summed E-state index contributed by atoms with van der Waals surface area (Å²) >= 11 is 0. The highest BCUT2D eigenvalue weighted by molar-refractivity contribution is 5.93. The van der Waals surface area contributed by atoms with E-state index in [1.807, 2.05) is 48.5 Å². The maximum Gasteiger partial charge on any atom is 0.238 e. The molecule has 202 valence electrons. The quantitative estimate of drug-likeness (QED) is 0.227. The van der Waals surface area contributed by atoms with Gasteiger partial charge in [-0.25, -0.2) is 0 Å². The number of nitrogens with two attached hydrogens (primary N) is 3. The topological polar surface area (TPSA) is 170 Å². The number of nitrogens with zero attached hydrogens (tertiary/aromatic N) is 3. The molecule has 2 amide bonds. The predicted octanol–water partition coefficient (Wildman–Crippen LogP) is 0.713. The molecule has 0 aliphatic heterocycles. The van der Waals surface area contributed by atoms with Gasteiger partial charge in [-0.2, -0.15) is 0 Å². The number of carbonyl (C=O) groups is 3. The SMILES string of the molecule is NCCN(CCN)C(=O)C[C@H](N)C(=O)N[C@@H](CCc1ccccc1)C(=O)CCc1ccc2nccnc2c1. The lowest BCUT2D eigenvalue weighted by molar-refractivity contribution is -0.135. The van der Waals surface area contributed by atoms with Crippen LogP contribution >= 0.6 is 0 Å². The first kappa shape index (κ1) is 28.8. The Labute approximate surface area is 223 Å². The Morgan fingerprint density at radius 2 is 1.55 bits per heavy atom.